The zero-order chi connectivity index (χ0) is 25.0. The molecule has 3 aromatic rings. The monoisotopic (exact) mass is 490 g/mol. The second-order valence-corrected chi connectivity index (χ2v) is 8.68. The minimum absolute atomic E-state index is 0.227. The van der Waals surface area contributed by atoms with Gasteiger partial charge in [0.2, 0.25) is 0 Å². The van der Waals surface area contributed by atoms with E-state index in [4.69, 9.17) is 23.7 Å². The van der Waals surface area contributed by atoms with Gasteiger partial charge in [-0.15, -0.1) is 6.58 Å². The molecule has 1 N–H and O–H groups in total. The van der Waals surface area contributed by atoms with E-state index in [1.165, 1.54) is 0 Å². The van der Waals surface area contributed by atoms with E-state index in [0.29, 0.717) is 19.8 Å². The highest BCUT2D eigenvalue weighted by atomic mass is 16.7. The van der Waals surface area contributed by atoms with Crippen LogP contribution in [0, 0.1) is 0 Å². The Labute approximate surface area is 213 Å². The van der Waals surface area contributed by atoms with E-state index in [9.17, 15) is 5.11 Å². The summed E-state index contributed by atoms with van der Waals surface area (Å²) in [5, 5.41) is 11.4. The van der Waals surface area contributed by atoms with Crippen molar-refractivity contribution in [3.63, 3.8) is 0 Å². The van der Waals surface area contributed by atoms with Gasteiger partial charge in [-0.1, -0.05) is 97.1 Å². The van der Waals surface area contributed by atoms with Crippen molar-refractivity contribution in [2.24, 2.45) is 0 Å². The summed E-state index contributed by atoms with van der Waals surface area (Å²) in [7, 11) is 0. The van der Waals surface area contributed by atoms with Crippen molar-refractivity contribution in [1.82, 2.24) is 0 Å². The summed E-state index contributed by atoms with van der Waals surface area (Å²) in [6, 6.07) is 29.5. The zero-order valence-electron chi connectivity index (χ0n) is 20.4. The summed E-state index contributed by atoms with van der Waals surface area (Å²) in [6.07, 6.45) is -2.14. The Morgan fingerprint density at radius 1 is 0.694 bits per heavy atom. The molecule has 0 aliphatic carbocycles. The molecule has 1 fully saturated rings. The summed E-state index contributed by atoms with van der Waals surface area (Å²) in [5.41, 5.74) is 3.04. The van der Waals surface area contributed by atoms with E-state index in [0.717, 1.165) is 16.7 Å². The molecule has 190 valence electrons. The third-order valence-electron chi connectivity index (χ3n) is 5.96. The van der Waals surface area contributed by atoms with Crippen LogP contribution in [0.25, 0.3) is 0 Å². The van der Waals surface area contributed by atoms with Gasteiger partial charge < -0.3 is 28.8 Å². The lowest BCUT2D eigenvalue weighted by molar-refractivity contribution is -0.318. The van der Waals surface area contributed by atoms with Gasteiger partial charge >= 0.3 is 0 Å². The van der Waals surface area contributed by atoms with Crippen LogP contribution in [0.1, 0.15) is 16.7 Å². The number of aliphatic hydroxyl groups excluding tert-OH is 1. The molecule has 1 saturated heterocycles. The van der Waals surface area contributed by atoms with Crippen molar-refractivity contribution in [1.29, 1.82) is 0 Å². The molecular formula is C30H34O6. The maximum atomic E-state index is 11.4. The highest BCUT2D eigenvalue weighted by Gasteiger charge is 2.47. The number of ether oxygens (including phenoxy) is 5. The Hall–Kier alpha value is -2.84. The molecule has 5 unspecified atom stereocenters. The van der Waals surface area contributed by atoms with E-state index in [1.54, 1.807) is 6.08 Å². The molecule has 36 heavy (non-hydrogen) atoms. The van der Waals surface area contributed by atoms with Crippen molar-refractivity contribution < 1.29 is 28.8 Å². The van der Waals surface area contributed by atoms with E-state index in [-0.39, 0.29) is 13.2 Å². The van der Waals surface area contributed by atoms with Gasteiger partial charge in [-0.3, -0.25) is 0 Å². The van der Waals surface area contributed by atoms with Crippen molar-refractivity contribution >= 4 is 0 Å². The first-order chi connectivity index (χ1) is 17.7. The lowest BCUT2D eigenvalue weighted by atomic mass is 9.98. The minimum atomic E-state index is -0.994. The molecule has 6 heteroatoms. The first-order valence-corrected chi connectivity index (χ1v) is 12.2. The summed E-state index contributed by atoms with van der Waals surface area (Å²) < 4.78 is 30.5. The van der Waals surface area contributed by atoms with Gasteiger partial charge in [-0.2, -0.15) is 0 Å². The van der Waals surface area contributed by atoms with Crippen molar-refractivity contribution in [3.8, 4) is 0 Å². The predicted molar refractivity (Wildman–Crippen MR) is 137 cm³/mol. The SMILES string of the molecule is C=CCOC1OC(COCc2ccccc2)C(OCc2ccccc2)C(O)C1OCc1ccccc1. The first kappa shape index (κ1) is 26.2. The van der Waals surface area contributed by atoms with Crippen LogP contribution in [-0.2, 0) is 43.5 Å². The van der Waals surface area contributed by atoms with Crippen LogP contribution in [0.15, 0.2) is 104 Å². The quantitative estimate of drug-likeness (QED) is 0.352. The molecule has 0 radical (unpaired) electrons. The van der Waals surface area contributed by atoms with Gasteiger partial charge in [0.05, 0.1) is 33.0 Å². The topological polar surface area (TPSA) is 66.4 Å². The van der Waals surface area contributed by atoms with Crippen LogP contribution in [-0.4, -0.2) is 49.0 Å². The van der Waals surface area contributed by atoms with Crippen LogP contribution in [0.2, 0.25) is 0 Å². The minimum Gasteiger partial charge on any atom is -0.387 e. The van der Waals surface area contributed by atoms with Gasteiger partial charge in [-0.25, -0.2) is 0 Å². The summed E-state index contributed by atoms with van der Waals surface area (Å²) >= 11 is 0. The highest BCUT2D eigenvalue weighted by molar-refractivity contribution is 5.15. The van der Waals surface area contributed by atoms with Crippen LogP contribution in [0.5, 0.6) is 0 Å². The molecule has 5 atom stereocenters. The third kappa shape index (κ3) is 7.58. The van der Waals surface area contributed by atoms with Crippen LogP contribution in [0.3, 0.4) is 0 Å². The number of hydrogen-bond donors (Lipinski definition) is 1. The third-order valence-corrected chi connectivity index (χ3v) is 5.96. The van der Waals surface area contributed by atoms with E-state index >= 15 is 0 Å². The van der Waals surface area contributed by atoms with Crippen molar-refractivity contribution in [2.75, 3.05) is 13.2 Å². The second kappa shape index (κ2) is 14.0. The molecular weight excluding hydrogens is 456 g/mol. The standard InChI is InChI=1S/C30H34O6/c1-2-18-33-30-29(35-21-25-16-10-5-11-17-25)27(31)28(34-20-24-14-8-4-9-15-24)26(36-30)22-32-19-23-12-6-3-7-13-23/h2-17,26-31H,1,18-22H2. The average Bonchev–Trinajstić information content (AvgIpc) is 2.93. The number of benzene rings is 3. The lowest BCUT2D eigenvalue weighted by Crippen LogP contribution is -2.61. The summed E-state index contributed by atoms with van der Waals surface area (Å²) in [4.78, 5) is 0. The fraction of sp³-hybridized carbons (Fsp3) is 0.333. The van der Waals surface area contributed by atoms with Gasteiger partial charge in [0, 0.05) is 0 Å². The summed E-state index contributed by atoms with van der Waals surface area (Å²) in [5.74, 6) is 0. The van der Waals surface area contributed by atoms with Crippen LogP contribution < -0.4 is 0 Å². The normalized spacial score (nSPS) is 23.9. The van der Waals surface area contributed by atoms with E-state index < -0.39 is 30.7 Å². The molecule has 1 heterocycles. The Morgan fingerprint density at radius 3 is 1.72 bits per heavy atom. The molecule has 0 aromatic heterocycles. The highest BCUT2D eigenvalue weighted by Crippen LogP contribution is 2.29. The Bertz CT molecular complexity index is 1010. The summed E-state index contributed by atoms with van der Waals surface area (Å²) in [6.45, 7) is 5.27. The van der Waals surface area contributed by atoms with Crippen molar-refractivity contribution in [2.45, 2.75) is 50.5 Å². The number of aliphatic hydroxyl groups is 1. The van der Waals surface area contributed by atoms with Gasteiger partial charge in [-0.05, 0) is 16.7 Å². The van der Waals surface area contributed by atoms with Gasteiger partial charge in [0.15, 0.2) is 6.29 Å². The van der Waals surface area contributed by atoms with Crippen LogP contribution >= 0.6 is 0 Å². The van der Waals surface area contributed by atoms with E-state index in [2.05, 4.69) is 6.58 Å². The largest absolute Gasteiger partial charge is 0.387 e. The number of rotatable bonds is 13. The maximum Gasteiger partial charge on any atom is 0.187 e. The Morgan fingerprint density at radius 2 is 1.19 bits per heavy atom. The van der Waals surface area contributed by atoms with Crippen molar-refractivity contribution in [3.05, 3.63) is 120 Å². The Kier molecular flexibility index (Phi) is 10.2. The molecule has 6 nitrogen and oxygen atoms in total. The Balaban J connectivity index is 1.47. The van der Waals surface area contributed by atoms with E-state index in [1.807, 2.05) is 91.0 Å². The predicted octanol–water partition coefficient (Wildman–Crippen LogP) is 4.66. The fourth-order valence-corrected chi connectivity index (χ4v) is 4.11. The molecule has 0 spiro atoms. The zero-order valence-corrected chi connectivity index (χ0v) is 20.4. The maximum absolute atomic E-state index is 11.4. The van der Waals surface area contributed by atoms with Crippen LogP contribution in [0.4, 0.5) is 0 Å². The molecule has 0 saturated carbocycles. The average molecular weight is 491 g/mol. The second-order valence-electron chi connectivity index (χ2n) is 8.68. The molecule has 3 aromatic carbocycles. The fourth-order valence-electron chi connectivity index (χ4n) is 4.11. The lowest BCUT2D eigenvalue weighted by Gasteiger charge is -2.44. The molecule has 1 aliphatic rings. The molecule has 1 aliphatic heterocycles. The van der Waals surface area contributed by atoms with Gasteiger partial charge in [0.25, 0.3) is 0 Å². The first-order valence-electron chi connectivity index (χ1n) is 12.2. The smallest absolute Gasteiger partial charge is 0.187 e. The number of hydrogen-bond acceptors (Lipinski definition) is 6. The van der Waals surface area contributed by atoms with Gasteiger partial charge in [0.1, 0.15) is 24.4 Å². The molecule has 0 amide bonds. The molecule has 4 rings (SSSR count). The molecule has 0 bridgehead atoms.